The normalized spacial score (nSPS) is 42.5. The van der Waals surface area contributed by atoms with Crippen LogP contribution in [0.15, 0.2) is 0 Å². The van der Waals surface area contributed by atoms with Crippen LogP contribution >= 0.6 is 0 Å². The zero-order valence-corrected chi connectivity index (χ0v) is 11.9. The highest BCUT2D eigenvalue weighted by atomic mass is 16.5. The molecule has 1 saturated heterocycles. The molecule has 2 aliphatic carbocycles. The summed E-state index contributed by atoms with van der Waals surface area (Å²) in [6.45, 7) is 4.73. The minimum absolute atomic E-state index is 0.197. The number of nitrogens with two attached hydrogens (primary N) is 1. The molecule has 1 heterocycles. The van der Waals surface area contributed by atoms with Crippen molar-refractivity contribution in [2.45, 2.75) is 57.0 Å². The summed E-state index contributed by atoms with van der Waals surface area (Å²) in [5.41, 5.74) is 5.54. The van der Waals surface area contributed by atoms with Crippen LogP contribution in [0.5, 0.6) is 0 Å². The molecule has 0 spiro atoms. The van der Waals surface area contributed by atoms with E-state index in [1.54, 1.807) is 0 Å². The van der Waals surface area contributed by atoms with Gasteiger partial charge in [0.05, 0.1) is 6.61 Å². The standard InChI is InChI=1S/C15H26N2O2/c1-2-19-14(18)15(16)7-6-13(8-15)17-9-11-4-3-5-12(11)10-17/h11-13H,2-10,16H2,1H3. The first kappa shape index (κ1) is 13.4. The molecule has 0 aromatic carbocycles. The number of ether oxygens (including phenoxy) is 1. The van der Waals surface area contributed by atoms with Crippen LogP contribution in [-0.2, 0) is 9.53 Å². The molecule has 3 fully saturated rings. The summed E-state index contributed by atoms with van der Waals surface area (Å²) in [7, 11) is 0. The number of carbonyl (C=O) groups excluding carboxylic acids is 1. The number of hydrogen-bond acceptors (Lipinski definition) is 4. The third-order valence-electron chi connectivity index (χ3n) is 5.48. The maximum atomic E-state index is 12.0. The fourth-order valence-electron chi connectivity index (χ4n) is 4.39. The van der Waals surface area contributed by atoms with Gasteiger partial charge in [-0.1, -0.05) is 6.42 Å². The van der Waals surface area contributed by atoms with Gasteiger partial charge in [-0.05, 0) is 50.9 Å². The van der Waals surface area contributed by atoms with Crippen LogP contribution in [0.3, 0.4) is 0 Å². The van der Waals surface area contributed by atoms with E-state index in [1.165, 1.54) is 32.4 Å². The van der Waals surface area contributed by atoms with Crippen molar-refractivity contribution < 1.29 is 9.53 Å². The molecule has 0 radical (unpaired) electrons. The van der Waals surface area contributed by atoms with E-state index in [0.717, 1.165) is 31.1 Å². The van der Waals surface area contributed by atoms with Gasteiger partial charge in [0.2, 0.25) is 0 Å². The quantitative estimate of drug-likeness (QED) is 0.787. The molecule has 4 unspecified atom stereocenters. The van der Waals surface area contributed by atoms with Crippen molar-refractivity contribution in [3.8, 4) is 0 Å². The molecule has 3 aliphatic rings. The molecule has 2 N–H and O–H groups in total. The fraction of sp³-hybridized carbons (Fsp3) is 0.933. The Bertz CT molecular complexity index is 348. The Morgan fingerprint density at radius 2 is 2.00 bits per heavy atom. The van der Waals surface area contributed by atoms with Gasteiger partial charge < -0.3 is 10.5 Å². The van der Waals surface area contributed by atoms with Crippen LogP contribution in [0.2, 0.25) is 0 Å². The van der Waals surface area contributed by atoms with Gasteiger partial charge in [-0.15, -0.1) is 0 Å². The molecule has 0 amide bonds. The van der Waals surface area contributed by atoms with E-state index in [0.29, 0.717) is 12.6 Å². The van der Waals surface area contributed by atoms with Crippen LogP contribution in [0.4, 0.5) is 0 Å². The van der Waals surface area contributed by atoms with Crippen molar-refractivity contribution in [1.29, 1.82) is 0 Å². The number of nitrogens with zero attached hydrogens (tertiary/aromatic N) is 1. The highest BCUT2D eigenvalue weighted by molar-refractivity contribution is 5.81. The predicted molar refractivity (Wildman–Crippen MR) is 73.6 cm³/mol. The van der Waals surface area contributed by atoms with Gasteiger partial charge in [-0.25, -0.2) is 0 Å². The summed E-state index contributed by atoms with van der Waals surface area (Å²) in [5.74, 6) is 1.63. The number of rotatable bonds is 3. The topological polar surface area (TPSA) is 55.6 Å². The van der Waals surface area contributed by atoms with Crippen molar-refractivity contribution in [3.63, 3.8) is 0 Å². The van der Waals surface area contributed by atoms with E-state index >= 15 is 0 Å². The molecule has 0 bridgehead atoms. The first-order valence-electron chi connectivity index (χ1n) is 7.82. The molecule has 108 valence electrons. The second-order valence-electron chi connectivity index (χ2n) is 6.68. The molecule has 2 saturated carbocycles. The highest BCUT2D eigenvalue weighted by Crippen LogP contribution is 2.42. The second kappa shape index (κ2) is 5.06. The summed E-state index contributed by atoms with van der Waals surface area (Å²) in [5, 5.41) is 0. The fourth-order valence-corrected chi connectivity index (χ4v) is 4.39. The van der Waals surface area contributed by atoms with Gasteiger partial charge in [-0.2, -0.15) is 0 Å². The lowest BCUT2D eigenvalue weighted by atomic mass is 9.99. The number of likely N-dealkylation sites (tertiary alicyclic amines) is 1. The van der Waals surface area contributed by atoms with Gasteiger partial charge >= 0.3 is 5.97 Å². The van der Waals surface area contributed by atoms with Gasteiger partial charge in [-0.3, -0.25) is 9.69 Å². The molecule has 0 aromatic heterocycles. The third-order valence-corrected chi connectivity index (χ3v) is 5.48. The van der Waals surface area contributed by atoms with Gasteiger partial charge in [0.25, 0.3) is 0 Å². The molecule has 4 atom stereocenters. The Balaban J connectivity index is 1.58. The maximum absolute atomic E-state index is 12.0. The molecular weight excluding hydrogens is 240 g/mol. The minimum atomic E-state index is -0.724. The van der Waals surface area contributed by atoms with E-state index in [4.69, 9.17) is 10.5 Å². The van der Waals surface area contributed by atoms with E-state index < -0.39 is 5.54 Å². The monoisotopic (exact) mass is 266 g/mol. The minimum Gasteiger partial charge on any atom is -0.465 e. The van der Waals surface area contributed by atoms with Gasteiger partial charge in [0.15, 0.2) is 0 Å². The lowest BCUT2D eigenvalue weighted by molar-refractivity contribution is -0.149. The Morgan fingerprint density at radius 1 is 1.32 bits per heavy atom. The molecular formula is C15H26N2O2. The van der Waals surface area contributed by atoms with Crippen molar-refractivity contribution in [2.75, 3.05) is 19.7 Å². The van der Waals surface area contributed by atoms with E-state index in [2.05, 4.69) is 4.90 Å². The smallest absolute Gasteiger partial charge is 0.326 e. The predicted octanol–water partition coefficient (Wildman–Crippen LogP) is 1.53. The summed E-state index contributed by atoms with van der Waals surface area (Å²) in [4.78, 5) is 14.6. The van der Waals surface area contributed by atoms with E-state index in [-0.39, 0.29) is 5.97 Å². The molecule has 4 heteroatoms. The van der Waals surface area contributed by atoms with Crippen LogP contribution in [-0.4, -0.2) is 42.1 Å². The molecule has 4 nitrogen and oxygen atoms in total. The lowest BCUT2D eigenvalue weighted by Gasteiger charge is -2.27. The number of fused-ring (bicyclic) bond motifs is 1. The summed E-state index contributed by atoms with van der Waals surface area (Å²) < 4.78 is 5.13. The lowest BCUT2D eigenvalue weighted by Crippen LogP contribution is -2.48. The largest absolute Gasteiger partial charge is 0.465 e. The Kier molecular flexibility index (Phi) is 3.56. The summed E-state index contributed by atoms with van der Waals surface area (Å²) in [6, 6.07) is 0.500. The maximum Gasteiger partial charge on any atom is 0.326 e. The van der Waals surface area contributed by atoms with E-state index in [9.17, 15) is 4.79 Å². The van der Waals surface area contributed by atoms with Gasteiger partial charge in [0, 0.05) is 19.1 Å². The Labute approximate surface area is 115 Å². The van der Waals surface area contributed by atoms with Crippen molar-refractivity contribution in [3.05, 3.63) is 0 Å². The molecule has 3 rings (SSSR count). The number of hydrogen-bond donors (Lipinski definition) is 1. The van der Waals surface area contributed by atoms with Crippen molar-refractivity contribution in [1.82, 2.24) is 4.90 Å². The number of esters is 1. The summed E-state index contributed by atoms with van der Waals surface area (Å²) >= 11 is 0. The van der Waals surface area contributed by atoms with Crippen LogP contribution in [0.25, 0.3) is 0 Å². The molecule has 0 aromatic rings. The zero-order valence-electron chi connectivity index (χ0n) is 11.9. The zero-order chi connectivity index (χ0) is 13.5. The average molecular weight is 266 g/mol. The van der Waals surface area contributed by atoms with Gasteiger partial charge in [0.1, 0.15) is 5.54 Å². The average Bonchev–Trinajstić information content (AvgIpc) is 3.02. The molecule has 19 heavy (non-hydrogen) atoms. The third kappa shape index (κ3) is 2.40. The van der Waals surface area contributed by atoms with Crippen LogP contribution in [0, 0.1) is 11.8 Å². The Morgan fingerprint density at radius 3 is 2.63 bits per heavy atom. The second-order valence-corrected chi connectivity index (χ2v) is 6.68. The van der Waals surface area contributed by atoms with Crippen LogP contribution < -0.4 is 5.73 Å². The van der Waals surface area contributed by atoms with Crippen molar-refractivity contribution in [2.24, 2.45) is 17.6 Å². The van der Waals surface area contributed by atoms with Crippen molar-refractivity contribution >= 4 is 5.97 Å². The first-order chi connectivity index (χ1) is 9.12. The molecule has 1 aliphatic heterocycles. The number of carbonyl (C=O) groups is 1. The van der Waals surface area contributed by atoms with E-state index in [1.807, 2.05) is 6.92 Å². The highest BCUT2D eigenvalue weighted by Gasteiger charge is 2.47. The SMILES string of the molecule is CCOC(=O)C1(N)CCC(N2CC3CCCC3C2)C1. The Hall–Kier alpha value is -0.610. The summed E-state index contributed by atoms with van der Waals surface area (Å²) in [6.07, 6.45) is 6.83. The van der Waals surface area contributed by atoms with Crippen LogP contribution in [0.1, 0.15) is 45.4 Å². The first-order valence-corrected chi connectivity index (χ1v) is 7.82.